The Hall–Kier alpha value is -1.67. The zero-order valence-electron chi connectivity index (χ0n) is 12.5. The van der Waals surface area contributed by atoms with Crippen LogP contribution in [-0.4, -0.2) is 52.7 Å². The van der Waals surface area contributed by atoms with Gasteiger partial charge in [0.15, 0.2) is 0 Å². The largest absolute Gasteiger partial charge is 0.480 e. The van der Waals surface area contributed by atoms with Crippen LogP contribution in [0.25, 0.3) is 0 Å². The topological polar surface area (TPSA) is 142 Å². The van der Waals surface area contributed by atoms with Gasteiger partial charge in [-0.2, -0.15) is 0 Å². The maximum absolute atomic E-state index is 12.0. The number of hydrogen-bond acceptors (Lipinski definition) is 5. The van der Waals surface area contributed by atoms with Crippen LogP contribution in [0.15, 0.2) is 0 Å². The standard InChI is InChI=1S/C13H25N3O5/c1-8(17)7-11(18)16-10(5-3-4-6-14)12(19)15-9(2)13(20)21/h8-10,17H,3-7,14H2,1-2H3,(H,15,19)(H,16,18)(H,20,21). The van der Waals surface area contributed by atoms with Gasteiger partial charge in [0.05, 0.1) is 12.5 Å². The fourth-order valence-corrected chi connectivity index (χ4v) is 1.66. The second-order valence-electron chi connectivity index (χ2n) is 5.03. The second-order valence-corrected chi connectivity index (χ2v) is 5.03. The molecule has 0 fully saturated rings. The van der Waals surface area contributed by atoms with Gasteiger partial charge in [-0.05, 0) is 39.7 Å². The first kappa shape index (κ1) is 19.3. The van der Waals surface area contributed by atoms with Crippen LogP contribution in [0.4, 0.5) is 0 Å². The molecule has 8 heteroatoms. The van der Waals surface area contributed by atoms with Gasteiger partial charge in [-0.1, -0.05) is 0 Å². The minimum atomic E-state index is -1.15. The van der Waals surface area contributed by atoms with Crippen molar-refractivity contribution in [1.29, 1.82) is 0 Å². The van der Waals surface area contributed by atoms with Gasteiger partial charge in [-0.15, -0.1) is 0 Å². The van der Waals surface area contributed by atoms with Gasteiger partial charge in [-0.25, -0.2) is 0 Å². The summed E-state index contributed by atoms with van der Waals surface area (Å²) in [6.07, 6.45) is 0.765. The lowest BCUT2D eigenvalue weighted by atomic mass is 10.1. The summed E-state index contributed by atoms with van der Waals surface area (Å²) in [5, 5.41) is 22.8. The van der Waals surface area contributed by atoms with E-state index >= 15 is 0 Å². The van der Waals surface area contributed by atoms with Crippen molar-refractivity contribution < 1.29 is 24.6 Å². The number of rotatable bonds is 10. The Balaban J connectivity index is 4.59. The molecule has 0 spiro atoms. The predicted octanol–water partition coefficient (Wildman–Crippen LogP) is -1.04. The van der Waals surface area contributed by atoms with Crippen molar-refractivity contribution in [1.82, 2.24) is 10.6 Å². The molecule has 0 aromatic carbocycles. The lowest BCUT2D eigenvalue weighted by molar-refractivity contribution is -0.141. The molecule has 0 radical (unpaired) electrons. The average Bonchev–Trinajstić information content (AvgIpc) is 2.36. The lowest BCUT2D eigenvalue weighted by Gasteiger charge is -2.20. The minimum absolute atomic E-state index is 0.116. The number of nitrogens with two attached hydrogens (primary N) is 1. The van der Waals surface area contributed by atoms with E-state index in [2.05, 4.69) is 10.6 Å². The third-order valence-corrected chi connectivity index (χ3v) is 2.81. The summed E-state index contributed by atoms with van der Waals surface area (Å²) in [7, 11) is 0. The average molecular weight is 303 g/mol. The molecule has 122 valence electrons. The van der Waals surface area contributed by atoms with Crippen LogP contribution in [0, 0.1) is 0 Å². The number of nitrogens with one attached hydrogen (secondary N) is 2. The molecule has 0 aliphatic rings. The van der Waals surface area contributed by atoms with E-state index in [-0.39, 0.29) is 6.42 Å². The summed E-state index contributed by atoms with van der Waals surface area (Å²) < 4.78 is 0. The predicted molar refractivity (Wildman–Crippen MR) is 76.4 cm³/mol. The quantitative estimate of drug-likeness (QED) is 0.326. The molecular formula is C13H25N3O5. The maximum atomic E-state index is 12.0. The highest BCUT2D eigenvalue weighted by Gasteiger charge is 2.24. The Bertz CT molecular complexity index is 360. The van der Waals surface area contributed by atoms with Gasteiger partial charge in [-0.3, -0.25) is 14.4 Å². The maximum Gasteiger partial charge on any atom is 0.325 e. The Morgan fingerprint density at radius 3 is 2.24 bits per heavy atom. The number of hydrogen-bond donors (Lipinski definition) is 5. The van der Waals surface area contributed by atoms with Crippen molar-refractivity contribution in [2.24, 2.45) is 5.73 Å². The summed E-state index contributed by atoms with van der Waals surface area (Å²) >= 11 is 0. The van der Waals surface area contributed by atoms with E-state index in [1.54, 1.807) is 0 Å². The number of carboxylic acid groups (broad SMARTS) is 1. The van der Waals surface area contributed by atoms with E-state index in [4.69, 9.17) is 15.9 Å². The Morgan fingerprint density at radius 1 is 1.14 bits per heavy atom. The molecule has 8 nitrogen and oxygen atoms in total. The molecule has 0 aliphatic heterocycles. The molecule has 0 rings (SSSR count). The minimum Gasteiger partial charge on any atom is -0.480 e. The highest BCUT2D eigenvalue weighted by Crippen LogP contribution is 2.03. The molecule has 0 heterocycles. The molecule has 0 saturated carbocycles. The molecule has 3 unspecified atom stereocenters. The number of carbonyl (C=O) groups is 3. The molecule has 2 amide bonds. The summed E-state index contributed by atoms with van der Waals surface area (Å²) in [6.45, 7) is 3.28. The number of carboxylic acids is 1. The normalized spacial score (nSPS) is 14.9. The molecule has 21 heavy (non-hydrogen) atoms. The molecule has 0 aromatic rings. The fraction of sp³-hybridized carbons (Fsp3) is 0.769. The zero-order valence-corrected chi connectivity index (χ0v) is 12.5. The monoisotopic (exact) mass is 303 g/mol. The number of amides is 2. The molecule has 0 aromatic heterocycles. The van der Waals surface area contributed by atoms with Gasteiger partial charge in [0.25, 0.3) is 0 Å². The summed E-state index contributed by atoms with van der Waals surface area (Å²) in [4.78, 5) is 34.4. The van der Waals surface area contributed by atoms with E-state index < -0.39 is 36.0 Å². The van der Waals surface area contributed by atoms with Gasteiger partial charge in [0, 0.05) is 0 Å². The van der Waals surface area contributed by atoms with Crippen LogP contribution in [0.2, 0.25) is 0 Å². The lowest BCUT2D eigenvalue weighted by Crippen LogP contribution is -2.51. The fourth-order valence-electron chi connectivity index (χ4n) is 1.66. The second kappa shape index (κ2) is 10.1. The van der Waals surface area contributed by atoms with Crippen molar-refractivity contribution in [2.45, 2.75) is 57.7 Å². The summed E-state index contributed by atoms with van der Waals surface area (Å²) in [5.41, 5.74) is 5.38. The van der Waals surface area contributed by atoms with Crippen LogP contribution >= 0.6 is 0 Å². The van der Waals surface area contributed by atoms with Gasteiger partial charge in [0.2, 0.25) is 11.8 Å². The molecular weight excluding hydrogens is 278 g/mol. The molecule has 0 bridgehead atoms. The highest BCUT2D eigenvalue weighted by molar-refractivity contribution is 5.90. The summed E-state index contributed by atoms with van der Waals surface area (Å²) in [5.74, 6) is -2.17. The van der Waals surface area contributed by atoms with Crippen LogP contribution < -0.4 is 16.4 Å². The SMILES string of the molecule is CC(O)CC(=O)NC(CCCCN)C(=O)NC(C)C(=O)O. The Kier molecular flexibility index (Phi) is 9.31. The van der Waals surface area contributed by atoms with Gasteiger partial charge >= 0.3 is 5.97 Å². The van der Waals surface area contributed by atoms with E-state index in [1.807, 2.05) is 0 Å². The molecule has 3 atom stereocenters. The number of aliphatic hydroxyl groups is 1. The van der Waals surface area contributed by atoms with E-state index in [9.17, 15) is 14.4 Å². The first-order valence-electron chi connectivity index (χ1n) is 6.98. The highest BCUT2D eigenvalue weighted by atomic mass is 16.4. The zero-order chi connectivity index (χ0) is 16.4. The van der Waals surface area contributed by atoms with E-state index in [0.29, 0.717) is 25.8 Å². The van der Waals surface area contributed by atoms with E-state index in [0.717, 1.165) is 0 Å². The number of carbonyl (C=O) groups excluding carboxylic acids is 2. The smallest absolute Gasteiger partial charge is 0.325 e. The third kappa shape index (κ3) is 8.98. The van der Waals surface area contributed by atoms with Crippen LogP contribution in [0.3, 0.4) is 0 Å². The van der Waals surface area contributed by atoms with Crippen LogP contribution in [-0.2, 0) is 14.4 Å². The van der Waals surface area contributed by atoms with Crippen molar-refractivity contribution in [3.8, 4) is 0 Å². The first-order valence-corrected chi connectivity index (χ1v) is 6.98. The van der Waals surface area contributed by atoms with Crippen molar-refractivity contribution >= 4 is 17.8 Å². The van der Waals surface area contributed by atoms with E-state index in [1.165, 1.54) is 13.8 Å². The van der Waals surface area contributed by atoms with Crippen molar-refractivity contribution in [3.05, 3.63) is 0 Å². The number of aliphatic carboxylic acids is 1. The molecule has 0 saturated heterocycles. The Labute approximate surface area is 124 Å². The molecule has 6 N–H and O–H groups in total. The van der Waals surface area contributed by atoms with Gasteiger partial charge in [0.1, 0.15) is 12.1 Å². The molecule has 0 aliphatic carbocycles. The number of aliphatic hydroxyl groups excluding tert-OH is 1. The van der Waals surface area contributed by atoms with Crippen LogP contribution in [0.1, 0.15) is 39.5 Å². The Morgan fingerprint density at radius 2 is 1.76 bits per heavy atom. The number of unbranched alkanes of at least 4 members (excludes halogenated alkanes) is 1. The third-order valence-electron chi connectivity index (χ3n) is 2.81. The summed E-state index contributed by atoms with van der Waals surface area (Å²) in [6, 6.07) is -1.87. The van der Waals surface area contributed by atoms with Gasteiger partial charge < -0.3 is 26.6 Å². The van der Waals surface area contributed by atoms with Crippen LogP contribution in [0.5, 0.6) is 0 Å². The first-order chi connectivity index (χ1) is 9.77. The van der Waals surface area contributed by atoms with Crippen molar-refractivity contribution in [2.75, 3.05) is 6.54 Å². The van der Waals surface area contributed by atoms with Crippen molar-refractivity contribution in [3.63, 3.8) is 0 Å².